The van der Waals surface area contributed by atoms with Crippen molar-refractivity contribution >= 4 is 5.91 Å². The summed E-state index contributed by atoms with van der Waals surface area (Å²) in [4.78, 5) is 25.7. The van der Waals surface area contributed by atoms with Gasteiger partial charge in [0.2, 0.25) is 0 Å². The van der Waals surface area contributed by atoms with Crippen LogP contribution in [0.4, 0.5) is 0 Å². The summed E-state index contributed by atoms with van der Waals surface area (Å²) in [5.74, 6) is 0.382. The van der Waals surface area contributed by atoms with E-state index in [4.69, 9.17) is 4.74 Å². The number of hydrogen-bond acceptors (Lipinski definition) is 3. The zero-order chi connectivity index (χ0) is 13.7. The smallest absolute Gasteiger partial charge is 0.268 e. The van der Waals surface area contributed by atoms with Crippen LogP contribution in [0.25, 0.3) is 0 Å². The Kier molecular flexibility index (Phi) is 3.97. The number of methoxy groups -OCH3 is 1. The number of carbonyl (C=O) groups is 1. The van der Waals surface area contributed by atoms with Crippen molar-refractivity contribution in [3.8, 4) is 5.75 Å². The van der Waals surface area contributed by atoms with Crippen LogP contribution >= 0.6 is 0 Å². The number of para-hydroxylation sites is 1. The number of amides is 1. The first-order valence-corrected chi connectivity index (χ1v) is 5.79. The van der Waals surface area contributed by atoms with Crippen LogP contribution in [0.5, 0.6) is 5.75 Å². The largest absolute Gasteiger partial charge is 0.496 e. The quantitative estimate of drug-likeness (QED) is 0.868. The van der Waals surface area contributed by atoms with Gasteiger partial charge in [-0.15, -0.1) is 0 Å². The predicted octanol–water partition coefficient (Wildman–Crippen LogP) is 1.31. The lowest BCUT2D eigenvalue weighted by molar-refractivity contribution is 0.0945. The number of rotatable bonds is 4. The van der Waals surface area contributed by atoms with E-state index in [-0.39, 0.29) is 17.0 Å². The molecule has 1 aromatic carbocycles. The molecule has 1 amide bonds. The molecule has 0 atom stereocenters. The average Bonchev–Trinajstić information content (AvgIpc) is 2.45. The summed E-state index contributed by atoms with van der Waals surface area (Å²) in [6, 6.07) is 10.0. The van der Waals surface area contributed by atoms with Crippen molar-refractivity contribution in [2.75, 3.05) is 7.11 Å². The second-order valence-electron chi connectivity index (χ2n) is 3.93. The highest BCUT2D eigenvalue weighted by atomic mass is 16.5. The monoisotopic (exact) mass is 258 g/mol. The van der Waals surface area contributed by atoms with Gasteiger partial charge >= 0.3 is 0 Å². The SMILES string of the molecule is COc1ccccc1CNC(=O)c1cc(=O)cc[nH]1. The minimum Gasteiger partial charge on any atom is -0.496 e. The number of pyridine rings is 1. The Morgan fingerprint density at radius 3 is 2.84 bits per heavy atom. The number of carbonyl (C=O) groups excluding carboxylic acids is 1. The first-order valence-electron chi connectivity index (χ1n) is 5.79. The van der Waals surface area contributed by atoms with E-state index in [2.05, 4.69) is 10.3 Å². The van der Waals surface area contributed by atoms with E-state index in [9.17, 15) is 9.59 Å². The number of ether oxygens (including phenoxy) is 1. The van der Waals surface area contributed by atoms with E-state index in [1.54, 1.807) is 7.11 Å². The van der Waals surface area contributed by atoms with Gasteiger partial charge in [-0.05, 0) is 6.07 Å². The van der Waals surface area contributed by atoms with Gasteiger partial charge in [0.05, 0.1) is 7.11 Å². The molecule has 0 fully saturated rings. The molecular formula is C14H14N2O3. The van der Waals surface area contributed by atoms with E-state index in [0.29, 0.717) is 12.3 Å². The molecule has 0 radical (unpaired) electrons. The molecule has 98 valence electrons. The maximum absolute atomic E-state index is 11.8. The molecule has 5 heteroatoms. The third-order valence-electron chi connectivity index (χ3n) is 2.65. The molecule has 0 unspecified atom stereocenters. The fourth-order valence-corrected chi connectivity index (χ4v) is 1.70. The lowest BCUT2D eigenvalue weighted by atomic mass is 10.2. The molecule has 0 aliphatic heterocycles. The van der Waals surface area contributed by atoms with E-state index in [1.807, 2.05) is 24.3 Å². The molecule has 0 bridgehead atoms. The van der Waals surface area contributed by atoms with Crippen LogP contribution < -0.4 is 15.5 Å². The van der Waals surface area contributed by atoms with Crippen LogP contribution in [0.15, 0.2) is 47.4 Å². The molecular weight excluding hydrogens is 244 g/mol. The van der Waals surface area contributed by atoms with Gasteiger partial charge in [-0.3, -0.25) is 9.59 Å². The highest BCUT2D eigenvalue weighted by Gasteiger charge is 2.07. The summed E-state index contributed by atoms with van der Waals surface area (Å²) in [5.41, 5.74) is 0.903. The van der Waals surface area contributed by atoms with Crippen LogP contribution in [0, 0.1) is 0 Å². The number of hydrogen-bond donors (Lipinski definition) is 2. The molecule has 1 heterocycles. The third-order valence-corrected chi connectivity index (χ3v) is 2.65. The Labute approximate surface area is 110 Å². The Hall–Kier alpha value is -2.56. The Morgan fingerprint density at radius 2 is 2.11 bits per heavy atom. The topological polar surface area (TPSA) is 71.2 Å². The van der Waals surface area contributed by atoms with Crippen LogP contribution in [0.2, 0.25) is 0 Å². The van der Waals surface area contributed by atoms with Crippen molar-refractivity contribution in [3.63, 3.8) is 0 Å². The molecule has 0 aliphatic rings. The standard InChI is InChI=1S/C14H14N2O3/c1-19-13-5-3-2-4-10(13)9-16-14(18)12-8-11(17)6-7-15-12/h2-8H,9H2,1H3,(H,15,17)(H,16,18). The van der Waals surface area contributed by atoms with Gasteiger partial charge in [-0.1, -0.05) is 18.2 Å². The first kappa shape index (κ1) is 12.9. The fraction of sp³-hybridized carbons (Fsp3) is 0.143. The summed E-state index contributed by atoms with van der Waals surface area (Å²) in [5, 5.41) is 2.73. The van der Waals surface area contributed by atoms with E-state index < -0.39 is 0 Å². The predicted molar refractivity (Wildman–Crippen MR) is 71.2 cm³/mol. The molecule has 5 nitrogen and oxygen atoms in total. The third kappa shape index (κ3) is 3.22. The Morgan fingerprint density at radius 1 is 1.32 bits per heavy atom. The molecule has 0 aliphatic carbocycles. The first-order chi connectivity index (χ1) is 9.20. The number of aromatic amines is 1. The van der Waals surface area contributed by atoms with Crippen LogP contribution in [-0.2, 0) is 6.54 Å². The van der Waals surface area contributed by atoms with Crippen molar-refractivity contribution < 1.29 is 9.53 Å². The number of H-pyrrole nitrogens is 1. The van der Waals surface area contributed by atoms with Crippen molar-refractivity contribution in [2.24, 2.45) is 0 Å². The second kappa shape index (κ2) is 5.86. The Balaban J connectivity index is 2.06. The van der Waals surface area contributed by atoms with Gasteiger partial charge < -0.3 is 15.0 Å². The van der Waals surface area contributed by atoms with Gasteiger partial charge in [-0.2, -0.15) is 0 Å². The van der Waals surface area contributed by atoms with E-state index >= 15 is 0 Å². The Bertz CT molecular complexity index is 634. The van der Waals surface area contributed by atoms with Gasteiger partial charge in [0, 0.05) is 30.4 Å². The van der Waals surface area contributed by atoms with Gasteiger partial charge in [-0.25, -0.2) is 0 Å². The lowest BCUT2D eigenvalue weighted by Crippen LogP contribution is -2.25. The van der Waals surface area contributed by atoms with E-state index in [0.717, 1.165) is 5.56 Å². The molecule has 0 spiro atoms. The summed E-state index contributed by atoms with van der Waals surface area (Å²) in [6.45, 7) is 0.333. The molecule has 19 heavy (non-hydrogen) atoms. The summed E-state index contributed by atoms with van der Waals surface area (Å²) < 4.78 is 5.19. The maximum Gasteiger partial charge on any atom is 0.268 e. The van der Waals surface area contributed by atoms with E-state index in [1.165, 1.54) is 18.3 Å². The second-order valence-corrected chi connectivity index (χ2v) is 3.93. The number of nitrogens with one attached hydrogen (secondary N) is 2. The zero-order valence-corrected chi connectivity index (χ0v) is 10.5. The normalized spacial score (nSPS) is 9.95. The average molecular weight is 258 g/mol. The molecule has 2 rings (SSSR count). The lowest BCUT2D eigenvalue weighted by Gasteiger charge is -2.09. The fourth-order valence-electron chi connectivity index (χ4n) is 1.70. The summed E-state index contributed by atoms with van der Waals surface area (Å²) in [6.07, 6.45) is 1.44. The minimum atomic E-state index is -0.330. The highest BCUT2D eigenvalue weighted by molar-refractivity contribution is 5.92. The van der Waals surface area contributed by atoms with Crippen molar-refractivity contribution in [1.82, 2.24) is 10.3 Å². The van der Waals surface area contributed by atoms with Gasteiger partial charge in [0.25, 0.3) is 5.91 Å². The summed E-state index contributed by atoms with van der Waals surface area (Å²) >= 11 is 0. The van der Waals surface area contributed by atoms with Crippen LogP contribution in [0.1, 0.15) is 16.1 Å². The van der Waals surface area contributed by atoms with Crippen LogP contribution in [-0.4, -0.2) is 18.0 Å². The van der Waals surface area contributed by atoms with Crippen molar-refractivity contribution in [1.29, 1.82) is 0 Å². The number of aromatic nitrogens is 1. The maximum atomic E-state index is 11.8. The molecule has 0 saturated heterocycles. The van der Waals surface area contributed by atoms with Crippen molar-refractivity contribution in [2.45, 2.75) is 6.54 Å². The van der Waals surface area contributed by atoms with Crippen molar-refractivity contribution in [3.05, 3.63) is 64.1 Å². The highest BCUT2D eigenvalue weighted by Crippen LogP contribution is 2.16. The molecule has 2 N–H and O–H groups in total. The zero-order valence-electron chi connectivity index (χ0n) is 10.5. The number of benzene rings is 1. The van der Waals surface area contributed by atoms with Gasteiger partial charge in [0.15, 0.2) is 5.43 Å². The molecule has 1 aromatic heterocycles. The minimum absolute atomic E-state index is 0.207. The molecule has 2 aromatic rings. The van der Waals surface area contributed by atoms with Gasteiger partial charge in [0.1, 0.15) is 11.4 Å². The van der Waals surface area contributed by atoms with Crippen LogP contribution in [0.3, 0.4) is 0 Å². The summed E-state index contributed by atoms with van der Waals surface area (Å²) in [7, 11) is 1.58. The molecule has 0 saturated carbocycles.